The zero-order valence-corrected chi connectivity index (χ0v) is 12.8. The van der Waals surface area contributed by atoms with Gasteiger partial charge in [0.2, 0.25) is 0 Å². The molecule has 5 heteroatoms. The predicted molar refractivity (Wildman–Crippen MR) is 82.4 cm³/mol. The largest absolute Gasteiger partial charge is 0.395 e. The van der Waals surface area contributed by atoms with Gasteiger partial charge >= 0.3 is 0 Å². The summed E-state index contributed by atoms with van der Waals surface area (Å²) in [6, 6.07) is 0.504. The minimum Gasteiger partial charge on any atom is -0.395 e. The van der Waals surface area contributed by atoms with Crippen LogP contribution in [0.15, 0.2) is 0 Å². The molecule has 0 saturated heterocycles. The molecular formula is C15H26N4O. The SMILES string of the molecule is CCNc1nc(C)nc(N(CCO)C2CCCC2)c1C. The Balaban J connectivity index is 2.35. The molecule has 1 aliphatic carbocycles. The van der Waals surface area contributed by atoms with Crippen LogP contribution in [0.4, 0.5) is 11.6 Å². The van der Waals surface area contributed by atoms with Gasteiger partial charge < -0.3 is 15.3 Å². The molecular weight excluding hydrogens is 252 g/mol. The molecule has 0 aromatic carbocycles. The summed E-state index contributed by atoms with van der Waals surface area (Å²) < 4.78 is 0. The molecule has 0 radical (unpaired) electrons. The van der Waals surface area contributed by atoms with Crippen LogP contribution in [0.25, 0.3) is 0 Å². The molecule has 1 fully saturated rings. The highest BCUT2D eigenvalue weighted by Gasteiger charge is 2.25. The Kier molecular flexibility index (Phi) is 5.17. The molecule has 1 aromatic rings. The molecule has 0 bridgehead atoms. The highest BCUT2D eigenvalue weighted by atomic mass is 16.3. The monoisotopic (exact) mass is 278 g/mol. The van der Waals surface area contributed by atoms with Crippen molar-refractivity contribution in [2.45, 2.75) is 52.5 Å². The van der Waals surface area contributed by atoms with Crippen LogP contribution in [-0.2, 0) is 0 Å². The number of aliphatic hydroxyl groups excluding tert-OH is 1. The first-order valence-electron chi connectivity index (χ1n) is 7.64. The lowest BCUT2D eigenvalue weighted by Crippen LogP contribution is -2.37. The quantitative estimate of drug-likeness (QED) is 0.836. The molecule has 1 aliphatic rings. The fourth-order valence-electron chi connectivity index (χ4n) is 3.02. The molecule has 112 valence electrons. The number of nitrogens with zero attached hydrogens (tertiary/aromatic N) is 3. The Morgan fingerprint density at radius 3 is 2.55 bits per heavy atom. The molecule has 5 nitrogen and oxygen atoms in total. The lowest BCUT2D eigenvalue weighted by atomic mass is 10.1. The summed E-state index contributed by atoms with van der Waals surface area (Å²) >= 11 is 0. The number of aliphatic hydroxyl groups is 1. The van der Waals surface area contributed by atoms with E-state index in [0.717, 1.165) is 29.6 Å². The molecule has 1 saturated carbocycles. The number of aromatic nitrogens is 2. The second-order valence-electron chi connectivity index (χ2n) is 5.45. The number of hydrogen-bond donors (Lipinski definition) is 2. The topological polar surface area (TPSA) is 61.3 Å². The van der Waals surface area contributed by atoms with E-state index < -0.39 is 0 Å². The van der Waals surface area contributed by atoms with E-state index in [0.29, 0.717) is 12.6 Å². The maximum Gasteiger partial charge on any atom is 0.137 e. The summed E-state index contributed by atoms with van der Waals surface area (Å²) in [5.41, 5.74) is 1.08. The number of anilines is 2. The number of rotatable bonds is 6. The van der Waals surface area contributed by atoms with Crippen LogP contribution in [0.1, 0.15) is 44.0 Å². The van der Waals surface area contributed by atoms with Crippen molar-refractivity contribution in [3.05, 3.63) is 11.4 Å². The second kappa shape index (κ2) is 6.88. The Bertz CT molecular complexity index is 444. The maximum absolute atomic E-state index is 9.39. The van der Waals surface area contributed by atoms with Gasteiger partial charge in [-0.3, -0.25) is 0 Å². The molecule has 0 aliphatic heterocycles. The van der Waals surface area contributed by atoms with Crippen molar-refractivity contribution < 1.29 is 5.11 Å². The van der Waals surface area contributed by atoms with Gasteiger partial charge in [-0.1, -0.05) is 12.8 Å². The molecule has 1 aromatic heterocycles. The van der Waals surface area contributed by atoms with Crippen LogP contribution >= 0.6 is 0 Å². The Hall–Kier alpha value is -1.36. The highest BCUT2D eigenvalue weighted by Crippen LogP contribution is 2.31. The van der Waals surface area contributed by atoms with Crippen molar-refractivity contribution in [1.82, 2.24) is 9.97 Å². The van der Waals surface area contributed by atoms with Crippen LogP contribution in [0.3, 0.4) is 0 Å². The summed E-state index contributed by atoms with van der Waals surface area (Å²) in [6.07, 6.45) is 4.93. The molecule has 2 rings (SSSR count). The Morgan fingerprint density at radius 2 is 1.95 bits per heavy atom. The van der Waals surface area contributed by atoms with E-state index in [1.165, 1.54) is 25.7 Å². The average molecular weight is 278 g/mol. The van der Waals surface area contributed by atoms with Crippen molar-refractivity contribution in [2.24, 2.45) is 0 Å². The highest BCUT2D eigenvalue weighted by molar-refractivity contribution is 5.59. The zero-order valence-electron chi connectivity index (χ0n) is 12.8. The normalized spacial score (nSPS) is 15.6. The van der Waals surface area contributed by atoms with Crippen LogP contribution in [-0.4, -0.2) is 40.8 Å². The number of hydrogen-bond acceptors (Lipinski definition) is 5. The first-order chi connectivity index (χ1) is 9.67. The van der Waals surface area contributed by atoms with Crippen LogP contribution in [0.5, 0.6) is 0 Å². The standard InChI is InChI=1S/C15H26N4O/c1-4-16-14-11(2)15(18-12(3)17-14)19(9-10-20)13-7-5-6-8-13/h13,20H,4-10H2,1-3H3,(H,16,17,18). The van der Waals surface area contributed by atoms with E-state index in [9.17, 15) is 5.11 Å². The number of nitrogens with one attached hydrogen (secondary N) is 1. The lowest BCUT2D eigenvalue weighted by Gasteiger charge is -2.31. The molecule has 1 heterocycles. The molecule has 2 N–H and O–H groups in total. The van der Waals surface area contributed by atoms with E-state index in [2.05, 4.69) is 34.0 Å². The third-order valence-electron chi connectivity index (χ3n) is 3.95. The van der Waals surface area contributed by atoms with Gasteiger partial charge in [-0.15, -0.1) is 0 Å². The summed E-state index contributed by atoms with van der Waals surface area (Å²) in [5.74, 6) is 2.67. The van der Waals surface area contributed by atoms with Crippen molar-refractivity contribution in [3.8, 4) is 0 Å². The van der Waals surface area contributed by atoms with E-state index in [-0.39, 0.29) is 6.61 Å². The molecule has 0 unspecified atom stereocenters. The fraction of sp³-hybridized carbons (Fsp3) is 0.733. The predicted octanol–water partition coefficient (Wildman–Crippen LogP) is 2.27. The van der Waals surface area contributed by atoms with E-state index >= 15 is 0 Å². The summed E-state index contributed by atoms with van der Waals surface area (Å²) in [5, 5.41) is 12.7. The van der Waals surface area contributed by atoms with Crippen molar-refractivity contribution >= 4 is 11.6 Å². The number of aryl methyl sites for hydroxylation is 1. The summed E-state index contributed by atoms with van der Waals surface area (Å²) in [7, 11) is 0. The summed E-state index contributed by atoms with van der Waals surface area (Å²) in [4.78, 5) is 11.4. The molecule has 0 amide bonds. The van der Waals surface area contributed by atoms with Gasteiger partial charge in [-0.2, -0.15) is 0 Å². The molecule has 0 spiro atoms. The van der Waals surface area contributed by atoms with Gasteiger partial charge in [0.05, 0.1) is 6.61 Å². The van der Waals surface area contributed by atoms with Crippen LogP contribution in [0.2, 0.25) is 0 Å². The molecule has 0 atom stereocenters. The Labute approximate surface area is 121 Å². The second-order valence-corrected chi connectivity index (χ2v) is 5.45. The van der Waals surface area contributed by atoms with Gasteiger partial charge in [-0.05, 0) is 33.6 Å². The van der Waals surface area contributed by atoms with E-state index in [1.807, 2.05) is 6.92 Å². The fourth-order valence-corrected chi connectivity index (χ4v) is 3.02. The zero-order chi connectivity index (χ0) is 14.5. The van der Waals surface area contributed by atoms with E-state index in [1.54, 1.807) is 0 Å². The Morgan fingerprint density at radius 1 is 1.25 bits per heavy atom. The first kappa shape index (κ1) is 15.0. The third kappa shape index (κ3) is 3.20. The minimum absolute atomic E-state index is 0.162. The van der Waals surface area contributed by atoms with Gasteiger partial charge in [0.1, 0.15) is 17.5 Å². The average Bonchev–Trinajstić information content (AvgIpc) is 2.94. The third-order valence-corrected chi connectivity index (χ3v) is 3.95. The minimum atomic E-state index is 0.162. The van der Waals surface area contributed by atoms with Crippen molar-refractivity contribution in [3.63, 3.8) is 0 Å². The van der Waals surface area contributed by atoms with Crippen LogP contribution < -0.4 is 10.2 Å². The van der Waals surface area contributed by atoms with Gasteiger partial charge in [0.15, 0.2) is 0 Å². The van der Waals surface area contributed by atoms with Gasteiger partial charge in [0.25, 0.3) is 0 Å². The van der Waals surface area contributed by atoms with Gasteiger partial charge in [-0.25, -0.2) is 9.97 Å². The smallest absolute Gasteiger partial charge is 0.137 e. The van der Waals surface area contributed by atoms with E-state index in [4.69, 9.17) is 0 Å². The summed E-state index contributed by atoms with van der Waals surface area (Å²) in [6.45, 7) is 7.71. The maximum atomic E-state index is 9.39. The lowest BCUT2D eigenvalue weighted by molar-refractivity contribution is 0.296. The van der Waals surface area contributed by atoms with Crippen molar-refractivity contribution in [1.29, 1.82) is 0 Å². The first-order valence-corrected chi connectivity index (χ1v) is 7.64. The molecule has 20 heavy (non-hydrogen) atoms. The van der Waals surface area contributed by atoms with Gasteiger partial charge in [0, 0.05) is 24.7 Å². The van der Waals surface area contributed by atoms with Crippen molar-refractivity contribution in [2.75, 3.05) is 29.9 Å². The van der Waals surface area contributed by atoms with Crippen LogP contribution in [0, 0.1) is 13.8 Å².